The van der Waals surface area contributed by atoms with Crippen LogP contribution in [0, 0.1) is 5.82 Å². The monoisotopic (exact) mass is 630 g/mol. The highest BCUT2D eigenvalue weighted by Gasteiger charge is 2.22. The Balaban J connectivity index is 1.13. The van der Waals surface area contributed by atoms with E-state index in [0.29, 0.717) is 51.8 Å². The smallest absolute Gasteiger partial charge is 0.256 e. The summed E-state index contributed by atoms with van der Waals surface area (Å²) in [6.07, 6.45) is 13.5. The Bertz CT molecular complexity index is 1650. The van der Waals surface area contributed by atoms with Crippen LogP contribution in [-0.2, 0) is 7.05 Å². The number of halogens is 1. The second-order valence-corrected chi connectivity index (χ2v) is 12.2. The van der Waals surface area contributed by atoms with Crippen LogP contribution in [0.25, 0.3) is 10.9 Å². The zero-order valence-electron chi connectivity index (χ0n) is 26.7. The number of amides is 1. The van der Waals surface area contributed by atoms with E-state index in [4.69, 9.17) is 14.2 Å². The molecule has 0 spiro atoms. The van der Waals surface area contributed by atoms with Gasteiger partial charge in [-0.05, 0) is 69.5 Å². The average molecular weight is 631 g/mol. The Hall–Kier alpha value is -4.38. The van der Waals surface area contributed by atoms with Gasteiger partial charge in [-0.15, -0.1) is 0 Å². The second kappa shape index (κ2) is 14.8. The Morgan fingerprint density at radius 1 is 0.978 bits per heavy atom. The standard InChI is InChI=1S/C35H43FN6O4/c1-41-23-27(35(43)39-24-10-5-3-6-11-24)34(40-41)38-25-12-13-31(28(36)20-25)46-30-14-15-37-29-22-33(32(44-2)21-26(29)30)45-19-9-18-42-16-7-4-8-17-42/h12-15,20-24H,3-11,16-19H2,1-2H3,(H,38,40)(H,39,43). The van der Waals surface area contributed by atoms with Crippen molar-refractivity contribution in [3.05, 3.63) is 60.2 Å². The first-order valence-electron chi connectivity index (χ1n) is 16.4. The molecule has 2 N–H and O–H groups in total. The molecule has 1 aliphatic carbocycles. The van der Waals surface area contributed by atoms with Gasteiger partial charge in [0.05, 0.1) is 19.2 Å². The number of aromatic nitrogens is 3. The Morgan fingerprint density at radius 3 is 2.57 bits per heavy atom. The van der Waals surface area contributed by atoms with Crippen molar-refractivity contribution in [3.8, 4) is 23.0 Å². The number of aryl methyl sites for hydroxylation is 1. The highest BCUT2D eigenvalue weighted by atomic mass is 19.1. The summed E-state index contributed by atoms with van der Waals surface area (Å²) >= 11 is 0. The van der Waals surface area contributed by atoms with Gasteiger partial charge < -0.3 is 29.7 Å². The number of rotatable bonds is 12. The number of carbonyl (C=O) groups excluding carboxylic acids is 1. The van der Waals surface area contributed by atoms with Gasteiger partial charge >= 0.3 is 0 Å². The lowest BCUT2D eigenvalue weighted by Gasteiger charge is -2.26. The number of likely N-dealkylation sites (tertiary alicyclic amines) is 1. The summed E-state index contributed by atoms with van der Waals surface area (Å²) < 4.78 is 34.8. The fraction of sp³-hybridized carbons (Fsp3) is 0.457. The van der Waals surface area contributed by atoms with Crippen LogP contribution in [0.5, 0.6) is 23.0 Å². The minimum atomic E-state index is -0.570. The van der Waals surface area contributed by atoms with Gasteiger partial charge in [-0.3, -0.25) is 14.5 Å². The number of pyridine rings is 1. The Labute approximate surface area is 269 Å². The van der Waals surface area contributed by atoms with Crippen LogP contribution in [0.2, 0.25) is 0 Å². The number of methoxy groups -OCH3 is 1. The Kier molecular flexibility index (Phi) is 10.2. The fourth-order valence-electron chi connectivity index (χ4n) is 6.32. The lowest BCUT2D eigenvalue weighted by atomic mass is 9.95. The van der Waals surface area contributed by atoms with Gasteiger partial charge in [0.2, 0.25) is 0 Å². The summed E-state index contributed by atoms with van der Waals surface area (Å²) in [5.41, 5.74) is 1.51. The van der Waals surface area contributed by atoms with E-state index in [1.54, 1.807) is 49.4 Å². The number of anilines is 2. The van der Waals surface area contributed by atoms with Crippen molar-refractivity contribution in [1.82, 2.24) is 25.0 Å². The summed E-state index contributed by atoms with van der Waals surface area (Å²) in [6.45, 7) is 3.92. The third-order valence-corrected chi connectivity index (χ3v) is 8.74. The number of fused-ring (bicyclic) bond motifs is 1. The molecule has 244 valence electrons. The predicted octanol–water partition coefficient (Wildman–Crippen LogP) is 6.97. The van der Waals surface area contributed by atoms with Crippen LogP contribution >= 0.6 is 0 Å². The quantitative estimate of drug-likeness (QED) is 0.162. The van der Waals surface area contributed by atoms with Crippen LogP contribution in [-0.4, -0.2) is 65.0 Å². The maximum absolute atomic E-state index is 15.4. The van der Waals surface area contributed by atoms with Gasteiger partial charge in [-0.25, -0.2) is 4.39 Å². The largest absolute Gasteiger partial charge is 0.493 e. The van der Waals surface area contributed by atoms with E-state index in [0.717, 1.165) is 51.7 Å². The number of nitrogens with one attached hydrogen (secondary N) is 2. The first-order valence-corrected chi connectivity index (χ1v) is 16.4. The van der Waals surface area contributed by atoms with Gasteiger partial charge in [0.15, 0.2) is 28.9 Å². The van der Waals surface area contributed by atoms with Crippen LogP contribution in [0.1, 0.15) is 68.1 Å². The van der Waals surface area contributed by atoms with Crippen molar-refractivity contribution in [3.63, 3.8) is 0 Å². The van der Waals surface area contributed by atoms with E-state index in [1.807, 2.05) is 12.1 Å². The molecule has 1 saturated heterocycles. The number of carbonyl (C=O) groups is 1. The van der Waals surface area contributed by atoms with Crippen molar-refractivity contribution >= 4 is 28.3 Å². The fourth-order valence-corrected chi connectivity index (χ4v) is 6.32. The molecular formula is C35H43FN6O4. The van der Waals surface area contributed by atoms with Gasteiger partial charge in [0.1, 0.15) is 11.3 Å². The zero-order chi connectivity index (χ0) is 31.9. The van der Waals surface area contributed by atoms with Gasteiger partial charge in [0, 0.05) is 55.2 Å². The lowest BCUT2D eigenvalue weighted by Crippen LogP contribution is -2.36. The van der Waals surface area contributed by atoms with E-state index < -0.39 is 5.82 Å². The van der Waals surface area contributed by atoms with Crippen LogP contribution in [0.15, 0.2) is 48.8 Å². The molecule has 1 aliphatic heterocycles. The molecule has 10 nitrogen and oxygen atoms in total. The predicted molar refractivity (Wildman–Crippen MR) is 176 cm³/mol. The summed E-state index contributed by atoms with van der Waals surface area (Å²) in [7, 11) is 3.34. The highest BCUT2D eigenvalue weighted by molar-refractivity contribution is 5.99. The van der Waals surface area contributed by atoms with Crippen molar-refractivity contribution in [2.75, 3.05) is 38.7 Å². The number of hydrogen-bond acceptors (Lipinski definition) is 8. The first-order chi connectivity index (χ1) is 22.5. The van der Waals surface area contributed by atoms with Gasteiger partial charge in [0.25, 0.3) is 5.91 Å². The van der Waals surface area contributed by atoms with Crippen molar-refractivity contribution < 1.29 is 23.4 Å². The molecule has 2 aliphatic rings. The molecule has 3 heterocycles. The van der Waals surface area contributed by atoms with E-state index in [2.05, 4.69) is 25.6 Å². The molecule has 0 atom stereocenters. The maximum atomic E-state index is 15.4. The number of nitrogens with zero attached hydrogens (tertiary/aromatic N) is 4. The van der Waals surface area contributed by atoms with E-state index in [1.165, 1.54) is 31.7 Å². The van der Waals surface area contributed by atoms with Gasteiger partial charge in [-0.2, -0.15) is 5.10 Å². The third kappa shape index (κ3) is 7.70. The van der Waals surface area contributed by atoms with E-state index in [9.17, 15) is 4.79 Å². The van der Waals surface area contributed by atoms with Crippen LogP contribution in [0.4, 0.5) is 15.9 Å². The number of ether oxygens (including phenoxy) is 3. The number of piperidine rings is 1. The van der Waals surface area contributed by atoms with Crippen molar-refractivity contribution in [2.45, 2.75) is 63.8 Å². The number of hydrogen-bond donors (Lipinski definition) is 2. The van der Waals surface area contributed by atoms with Crippen LogP contribution in [0.3, 0.4) is 0 Å². The molecule has 4 aromatic rings. The minimum absolute atomic E-state index is 0.0475. The van der Waals surface area contributed by atoms with Crippen LogP contribution < -0.4 is 24.8 Å². The Morgan fingerprint density at radius 2 is 1.78 bits per heavy atom. The molecule has 2 fully saturated rings. The molecule has 6 rings (SSSR count). The molecule has 1 saturated carbocycles. The topological polar surface area (TPSA) is 103 Å². The molecule has 0 bridgehead atoms. The zero-order valence-corrected chi connectivity index (χ0v) is 26.7. The molecule has 46 heavy (non-hydrogen) atoms. The SMILES string of the molecule is COc1cc2c(Oc3ccc(Nc4nn(C)cc4C(=O)NC4CCCCC4)cc3F)ccnc2cc1OCCCN1CCCCC1. The lowest BCUT2D eigenvalue weighted by molar-refractivity contribution is 0.0928. The average Bonchev–Trinajstić information content (AvgIpc) is 3.44. The summed E-state index contributed by atoms with van der Waals surface area (Å²) in [6, 6.07) is 10.1. The first kappa shape index (κ1) is 31.6. The van der Waals surface area contributed by atoms with Crippen molar-refractivity contribution in [1.29, 1.82) is 0 Å². The number of benzene rings is 2. The molecule has 1 amide bonds. The molecule has 11 heteroatoms. The third-order valence-electron chi connectivity index (χ3n) is 8.74. The molecule has 2 aromatic carbocycles. The maximum Gasteiger partial charge on any atom is 0.256 e. The summed E-state index contributed by atoms with van der Waals surface area (Å²) in [5.74, 6) is 1.26. The van der Waals surface area contributed by atoms with E-state index in [-0.39, 0.29) is 17.7 Å². The molecular weight excluding hydrogens is 587 g/mol. The van der Waals surface area contributed by atoms with Crippen molar-refractivity contribution in [2.24, 2.45) is 7.05 Å². The molecule has 2 aromatic heterocycles. The van der Waals surface area contributed by atoms with Gasteiger partial charge in [-0.1, -0.05) is 25.7 Å². The summed E-state index contributed by atoms with van der Waals surface area (Å²) in [5, 5.41) is 11.3. The highest BCUT2D eigenvalue weighted by Crippen LogP contribution is 2.38. The van der Waals surface area contributed by atoms with E-state index >= 15 is 4.39 Å². The second-order valence-electron chi connectivity index (χ2n) is 12.2. The minimum Gasteiger partial charge on any atom is -0.493 e. The molecule has 0 radical (unpaired) electrons. The molecule has 0 unspecified atom stereocenters. The normalized spacial score (nSPS) is 15.9. The summed E-state index contributed by atoms with van der Waals surface area (Å²) in [4.78, 5) is 20.0.